The summed E-state index contributed by atoms with van der Waals surface area (Å²) in [5, 5.41) is 0. The first kappa shape index (κ1) is 14.3. The maximum Gasteiger partial charge on any atom is 0.257 e. The van der Waals surface area contributed by atoms with Crippen molar-refractivity contribution in [2.75, 3.05) is 19.7 Å². The van der Waals surface area contributed by atoms with E-state index in [-0.39, 0.29) is 5.91 Å². The van der Waals surface area contributed by atoms with Crippen LogP contribution < -0.4 is 4.74 Å². The summed E-state index contributed by atoms with van der Waals surface area (Å²) >= 11 is 0. The lowest BCUT2D eigenvalue weighted by atomic mass is 10.0. The molecule has 1 saturated carbocycles. The molecule has 1 fully saturated rings. The Bertz CT molecular complexity index is 732. The summed E-state index contributed by atoms with van der Waals surface area (Å²) in [4.78, 5) is 14.8. The summed E-state index contributed by atoms with van der Waals surface area (Å²) in [6.07, 6.45) is 2.50. The lowest BCUT2D eigenvalue weighted by Crippen LogP contribution is -2.34. The number of nitrogens with zero attached hydrogens (tertiary/aromatic N) is 1. The molecule has 0 unspecified atom stereocenters. The Hall–Kier alpha value is -2.29. The van der Waals surface area contributed by atoms with Gasteiger partial charge in [0.05, 0.1) is 12.1 Å². The molecule has 1 amide bonds. The van der Waals surface area contributed by atoms with Gasteiger partial charge in [0.2, 0.25) is 0 Å². The van der Waals surface area contributed by atoms with Crippen LogP contribution in [0.3, 0.4) is 0 Å². The summed E-state index contributed by atoms with van der Waals surface area (Å²) in [6.45, 7) is 4.21. The number of carbonyl (C=O) groups excluding carboxylic acids is 1. The molecular weight excluding hydrogens is 286 g/mol. The Morgan fingerprint density at radius 2 is 1.83 bits per heavy atom. The van der Waals surface area contributed by atoms with Crippen LogP contribution in [-0.2, 0) is 0 Å². The number of ether oxygens (including phenoxy) is 1. The molecule has 4 rings (SSSR count). The van der Waals surface area contributed by atoms with E-state index in [1.54, 1.807) is 0 Å². The first-order valence-electron chi connectivity index (χ1n) is 8.34. The Morgan fingerprint density at radius 3 is 2.57 bits per heavy atom. The van der Waals surface area contributed by atoms with Crippen molar-refractivity contribution < 1.29 is 9.53 Å². The molecule has 3 heteroatoms. The topological polar surface area (TPSA) is 29.5 Å². The number of fused-ring (bicyclic) bond motifs is 1. The number of benzene rings is 2. The molecule has 2 aromatic carbocycles. The zero-order valence-electron chi connectivity index (χ0n) is 13.4. The Morgan fingerprint density at radius 1 is 1.09 bits per heavy atom. The van der Waals surface area contributed by atoms with Crippen molar-refractivity contribution in [2.45, 2.75) is 19.8 Å². The first-order chi connectivity index (χ1) is 11.2. The fraction of sp³-hybridized carbons (Fsp3) is 0.350. The van der Waals surface area contributed by atoms with Crippen LogP contribution in [-0.4, -0.2) is 30.5 Å². The minimum Gasteiger partial charge on any atom is -0.491 e. The van der Waals surface area contributed by atoms with E-state index in [4.69, 9.17) is 4.74 Å². The molecule has 23 heavy (non-hydrogen) atoms. The van der Waals surface area contributed by atoms with Crippen molar-refractivity contribution in [2.24, 2.45) is 5.92 Å². The predicted octanol–water partition coefficient (Wildman–Crippen LogP) is 3.91. The molecule has 0 spiro atoms. The zero-order chi connectivity index (χ0) is 15.8. The summed E-state index contributed by atoms with van der Waals surface area (Å²) in [5.74, 6) is 1.52. The van der Waals surface area contributed by atoms with Gasteiger partial charge in [-0.2, -0.15) is 0 Å². The van der Waals surface area contributed by atoms with Gasteiger partial charge in [-0.15, -0.1) is 0 Å². The Balaban J connectivity index is 1.68. The number of hydrogen-bond acceptors (Lipinski definition) is 2. The molecule has 0 radical (unpaired) electrons. The SMILES string of the molecule is Cc1ccc(-c2ccc3c(c2)C(=O)N(CC2CC2)CCO3)cc1. The lowest BCUT2D eigenvalue weighted by Gasteiger charge is -2.19. The van der Waals surface area contributed by atoms with Gasteiger partial charge in [0, 0.05) is 6.54 Å². The molecule has 0 N–H and O–H groups in total. The second-order valence-electron chi connectivity index (χ2n) is 6.62. The number of aryl methyl sites for hydroxylation is 1. The summed E-state index contributed by atoms with van der Waals surface area (Å²) in [7, 11) is 0. The molecule has 2 aromatic rings. The van der Waals surface area contributed by atoms with Crippen LogP contribution in [0.15, 0.2) is 42.5 Å². The van der Waals surface area contributed by atoms with Crippen molar-refractivity contribution in [3.05, 3.63) is 53.6 Å². The molecule has 1 heterocycles. The van der Waals surface area contributed by atoms with Gasteiger partial charge in [-0.3, -0.25) is 4.79 Å². The number of rotatable bonds is 3. The van der Waals surface area contributed by atoms with Crippen LogP contribution >= 0.6 is 0 Å². The first-order valence-corrected chi connectivity index (χ1v) is 8.34. The maximum absolute atomic E-state index is 12.9. The summed E-state index contributed by atoms with van der Waals surface area (Å²) < 4.78 is 5.80. The van der Waals surface area contributed by atoms with Gasteiger partial charge >= 0.3 is 0 Å². The van der Waals surface area contributed by atoms with Crippen LogP contribution in [0.1, 0.15) is 28.8 Å². The van der Waals surface area contributed by atoms with E-state index in [9.17, 15) is 4.79 Å². The highest BCUT2D eigenvalue weighted by molar-refractivity contribution is 5.98. The highest BCUT2D eigenvalue weighted by atomic mass is 16.5. The van der Waals surface area contributed by atoms with Crippen LogP contribution in [0.4, 0.5) is 0 Å². The predicted molar refractivity (Wildman–Crippen MR) is 90.7 cm³/mol. The third-order valence-corrected chi connectivity index (χ3v) is 4.68. The Labute approximate surface area is 136 Å². The standard InChI is InChI=1S/C20H21NO2/c1-14-2-6-16(7-3-14)17-8-9-19-18(12-17)20(22)21(10-11-23-19)13-15-4-5-15/h2-3,6-9,12,15H,4-5,10-11,13H2,1H3. The molecule has 1 aliphatic carbocycles. The minimum absolute atomic E-state index is 0.110. The fourth-order valence-corrected chi connectivity index (χ4v) is 3.07. The van der Waals surface area contributed by atoms with E-state index >= 15 is 0 Å². The normalized spacial score (nSPS) is 17.4. The minimum atomic E-state index is 0.110. The van der Waals surface area contributed by atoms with Crippen LogP contribution in [0.25, 0.3) is 11.1 Å². The maximum atomic E-state index is 12.9. The van der Waals surface area contributed by atoms with Gasteiger partial charge in [0.15, 0.2) is 0 Å². The monoisotopic (exact) mass is 307 g/mol. The third-order valence-electron chi connectivity index (χ3n) is 4.68. The van der Waals surface area contributed by atoms with Crippen molar-refractivity contribution in [3.8, 4) is 16.9 Å². The third kappa shape index (κ3) is 2.96. The van der Waals surface area contributed by atoms with E-state index in [1.165, 1.54) is 18.4 Å². The number of hydrogen-bond donors (Lipinski definition) is 0. The highest BCUT2D eigenvalue weighted by Crippen LogP contribution is 2.33. The van der Waals surface area contributed by atoms with E-state index in [0.29, 0.717) is 30.4 Å². The van der Waals surface area contributed by atoms with Crippen LogP contribution in [0.5, 0.6) is 5.75 Å². The summed E-state index contributed by atoms with van der Waals surface area (Å²) in [5.41, 5.74) is 4.12. The van der Waals surface area contributed by atoms with Gasteiger partial charge in [0.1, 0.15) is 12.4 Å². The van der Waals surface area contributed by atoms with Crippen molar-refractivity contribution in [1.29, 1.82) is 0 Å². The van der Waals surface area contributed by atoms with Crippen molar-refractivity contribution in [3.63, 3.8) is 0 Å². The average molecular weight is 307 g/mol. The smallest absolute Gasteiger partial charge is 0.257 e. The number of carbonyl (C=O) groups is 1. The molecule has 2 aliphatic rings. The molecule has 0 aromatic heterocycles. The largest absolute Gasteiger partial charge is 0.491 e. The van der Waals surface area contributed by atoms with Crippen molar-refractivity contribution in [1.82, 2.24) is 4.90 Å². The van der Waals surface area contributed by atoms with E-state index in [1.807, 2.05) is 23.1 Å². The molecule has 3 nitrogen and oxygen atoms in total. The molecule has 1 aliphatic heterocycles. The zero-order valence-corrected chi connectivity index (χ0v) is 13.4. The van der Waals surface area contributed by atoms with E-state index < -0.39 is 0 Å². The van der Waals surface area contributed by atoms with Gasteiger partial charge in [-0.25, -0.2) is 0 Å². The van der Waals surface area contributed by atoms with Gasteiger partial charge < -0.3 is 9.64 Å². The molecule has 0 atom stereocenters. The molecule has 0 bridgehead atoms. The fourth-order valence-electron chi connectivity index (χ4n) is 3.07. The second-order valence-corrected chi connectivity index (χ2v) is 6.62. The quantitative estimate of drug-likeness (QED) is 0.860. The van der Waals surface area contributed by atoms with E-state index in [2.05, 4.69) is 31.2 Å². The molecule has 118 valence electrons. The number of amides is 1. The van der Waals surface area contributed by atoms with Gasteiger partial charge in [0.25, 0.3) is 5.91 Å². The lowest BCUT2D eigenvalue weighted by molar-refractivity contribution is 0.0747. The highest BCUT2D eigenvalue weighted by Gasteiger charge is 2.30. The molecule has 0 saturated heterocycles. The van der Waals surface area contributed by atoms with E-state index in [0.717, 1.165) is 17.7 Å². The summed E-state index contributed by atoms with van der Waals surface area (Å²) in [6, 6.07) is 14.3. The molecular formula is C20H21NO2. The van der Waals surface area contributed by atoms with Crippen LogP contribution in [0.2, 0.25) is 0 Å². The van der Waals surface area contributed by atoms with Crippen LogP contribution in [0, 0.1) is 12.8 Å². The van der Waals surface area contributed by atoms with Crippen molar-refractivity contribution >= 4 is 5.91 Å². The van der Waals surface area contributed by atoms with Gasteiger partial charge in [-0.05, 0) is 48.9 Å². The average Bonchev–Trinajstić information content (AvgIpc) is 3.39. The second kappa shape index (κ2) is 5.73. The Kier molecular flexibility index (Phi) is 3.56. The van der Waals surface area contributed by atoms with Gasteiger partial charge in [-0.1, -0.05) is 35.9 Å².